The average molecular weight is 367 g/mol. The molecule has 0 radical (unpaired) electrons. The number of rotatable bonds is 8. The molecule has 0 aliphatic rings. The van der Waals surface area contributed by atoms with Crippen LogP contribution in [-0.4, -0.2) is 0 Å². The van der Waals surface area contributed by atoms with Crippen LogP contribution in [0.15, 0.2) is 96.6 Å². The minimum absolute atomic E-state index is 0.0315. The van der Waals surface area contributed by atoms with Crippen molar-refractivity contribution in [1.29, 1.82) is 0 Å². The molecule has 0 bridgehead atoms. The quantitative estimate of drug-likeness (QED) is 0.310. The highest BCUT2D eigenvalue weighted by Crippen LogP contribution is 2.30. The summed E-state index contributed by atoms with van der Waals surface area (Å²) in [7, 11) is 0. The molecule has 0 aromatic rings. The van der Waals surface area contributed by atoms with E-state index in [4.69, 9.17) is 4.74 Å². The highest BCUT2D eigenvalue weighted by atomic mass is 16.5. The standard InChI is InChI=1S/C26H38O/c1-19(2)13-15-23(25(7,8)9)17-21(5)27-22(6)18-24(26(10,11)12)16-14-20(3)4/h13-18H,1,3,5-6H2,2,4,7-12H3/b15-13+,16-14+,23-17-,24-18-. The smallest absolute Gasteiger partial charge is 0.120 e. The molecule has 0 aromatic heterocycles. The lowest BCUT2D eigenvalue weighted by Gasteiger charge is -2.22. The van der Waals surface area contributed by atoms with Gasteiger partial charge in [0.2, 0.25) is 0 Å². The maximum absolute atomic E-state index is 5.86. The van der Waals surface area contributed by atoms with Gasteiger partial charge in [-0.05, 0) is 48.0 Å². The van der Waals surface area contributed by atoms with Crippen LogP contribution in [0.4, 0.5) is 0 Å². The first-order chi connectivity index (χ1) is 12.1. The van der Waals surface area contributed by atoms with Crippen LogP contribution in [0, 0.1) is 10.8 Å². The normalized spacial score (nSPS) is 13.9. The fourth-order valence-electron chi connectivity index (χ4n) is 2.07. The van der Waals surface area contributed by atoms with E-state index in [1.165, 1.54) is 0 Å². The van der Waals surface area contributed by atoms with Crippen molar-refractivity contribution in [3.05, 3.63) is 96.6 Å². The molecule has 27 heavy (non-hydrogen) atoms. The molecule has 0 heterocycles. The Labute approximate surface area is 167 Å². The molecule has 0 saturated heterocycles. The minimum Gasteiger partial charge on any atom is -0.459 e. The number of ether oxygens (including phenoxy) is 1. The predicted molar refractivity (Wildman–Crippen MR) is 122 cm³/mol. The van der Waals surface area contributed by atoms with E-state index in [0.717, 1.165) is 22.3 Å². The molecule has 0 N–H and O–H groups in total. The van der Waals surface area contributed by atoms with Crippen molar-refractivity contribution in [3.63, 3.8) is 0 Å². The third kappa shape index (κ3) is 11.1. The minimum atomic E-state index is -0.0315. The molecular weight excluding hydrogens is 328 g/mol. The van der Waals surface area contributed by atoms with Gasteiger partial charge in [0.15, 0.2) is 0 Å². The molecular formula is C26H38O. The van der Waals surface area contributed by atoms with Crippen LogP contribution in [-0.2, 0) is 4.74 Å². The molecule has 148 valence electrons. The SMILES string of the molecule is C=C(C)/C=C/C(=C/C(=C)OC(=C)/C=C(/C=C/C(=C)C)C(C)(C)C)C(C)(C)C. The summed E-state index contributed by atoms with van der Waals surface area (Å²) < 4.78 is 5.86. The van der Waals surface area contributed by atoms with Crippen LogP contribution < -0.4 is 0 Å². The van der Waals surface area contributed by atoms with E-state index in [-0.39, 0.29) is 10.8 Å². The van der Waals surface area contributed by atoms with Gasteiger partial charge in [-0.2, -0.15) is 0 Å². The maximum Gasteiger partial charge on any atom is 0.120 e. The molecule has 0 rings (SSSR count). The van der Waals surface area contributed by atoms with Crippen molar-refractivity contribution >= 4 is 0 Å². The lowest BCUT2D eigenvalue weighted by molar-refractivity contribution is 0.336. The molecule has 0 aliphatic heterocycles. The van der Waals surface area contributed by atoms with E-state index in [9.17, 15) is 0 Å². The third-order valence-electron chi connectivity index (χ3n) is 3.72. The Bertz CT molecular complexity index is 642. The Balaban J connectivity index is 5.54. The summed E-state index contributed by atoms with van der Waals surface area (Å²) in [6.45, 7) is 32.8. The summed E-state index contributed by atoms with van der Waals surface area (Å²) in [5.41, 5.74) is 4.18. The highest BCUT2D eigenvalue weighted by Gasteiger charge is 2.17. The van der Waals surface area contributed by atoms with Gasteiger partial charge in [0, 0.05) is 0 Å². The number of hydrogen-bond donors (Lipinski definition) is 0. The molecule has 0 saturated carbocycles. The van der Waals surface area contributed by atoms with E-state index >= 15 is 0 Å². The highest BCUT2D eigenvalue weighted by molar-refractivity contribution is 5.36. The zero-order valence-electron chi connectivity index (χ0n) is 18.7. The van der Waals surface area contributed by atoms with E-state index in [1.54, 1.807) is 0 Å². The van der Waals surface area contributed by atoms with Gasteiger partial charge < -0.3 is 4.74 Å². The van der Waals surface area contributed by atoms with Crippen molar-refractivity contribution < 1.29 is 4.74 Å². The molecule has 0 spiro atoms. The maximum atomic E-state index is 5.86. The van der Waals surface area contributed by atoms with Gasteiger partial charge in [-0.1, -0.05) is 103 Å². The Morgan fingerprint density at radius 2 is 0.889 bits per heavy atom. The van der Waals surface area contributed by atoms with Gasteiger partial charge in [0.1, 0.15) is 11.5 Å². The lowest BCUT2D eigenvalue weighted by atomic mass is 9.85. The Hall–Kier alpha value is -2.28. The second-order valence-electron chi connectivity index (χ2n) is 9.09. The first-order valence-electron chi connectivity index (χ1n) is 9.30. The fourth-order valence-corrected chi connectivity index (χ4v) is 2.07. The topological polar surface area (TPSA) is 9.23 Å². The molecule has 0 aromatic carbocycles. The van der Waals surface area contributed by atoms with Gasteiger partial charge in [0.25, 0.3) is 0 Å². The zero-order valence-corrected chi connectivity index (χ0v) is 18.7. The Kier molecular flexibility index (Phi) is 9.30. The number of allylic oxidation sites excluding steroid dienone is 10. The van der Waals surface area contributed by atoms with Crippen LogP contribution in [0.3, 0.4) is 0 Å². The van der Waals surface area contributed by atoms with Crippen molar-refractivity contribution in [2.45, 2.75) is 55.4 Å². The molecule has 0 atom stereocenters. The monoisotopic (exact) mass is 366 g/mol. The summed E-state index contributed by atoms with van der Waals surface area (Å²) in [6, 6.07) is 0. The summed E-state index contributed by atoms with van der Waals surface area (Å²) in [4.78, 5) is 0. The van der Waals surface area contributed by atoms with E-state index < -0.39 is 0 Å². The predicted octanol–water partition coefficient (Wildman–Crippen LogP) is 8.24. The Morgan fingerprint density at radius 3 is 1.11 bits per heavy atom. The lowest BCUT2D eigenvalue weighted by Crippen LogP contribution is -2.09. The summed E-state index contributed by atoms with van der Waals surface area (Å²) >= 11 is 0. The van der Waals surface area contributed by atoms with E-state index in [1.807, 2.05) is 38.2 Å². The van der Waals surface area contributed by atoms with Gasteiger partial charge in [0.05, 0.1) is 0 Å². The van der Waals surface area contributed by atoms with Crippen LogP contribution in [0.2, 0.25) is 0 Å². The van der Waals surface area contributed by atoms with Gasteiger partial charge in [-0.15, -0.1) is 0 Å². The average Bonchev–Trinajstić information content (AvgIpc) is 2.44. The molecule has 0 unspecified atom stereocenters. The van der Waals surface area contributed by atoms with Crippen molar-refractivity contribution in [2.24, 2.45) is 10.8 Å². The first kappa shape index (κ1) is 24.7. The summed E-state index contributed by atoms with van der Waals surface area (Å²) in [5, 5.41) is 0. The summed E-state index contributed by atoms with van der Waals surface area (Å²) in [6.07, 6.45) is 12.0. The molecule has 0 aliphatic carbocycles. The van der Waals surface area contributed by atoms with Gasteiger partial charge in [-0.3, -0.25) is 0 Å². The van der Waals surface area contributed by atoms with Gasteiger partial charge >= 0.3 is 0 Å². The van der Waals surface area contributed by atoms with Crippen LogP contribution in [0.1, 0.15) is 55.4 Å². The van der Waals surface area contributed by atoms with Crippen LogP contribution in [0.25, 0.3) is 0 Å². The molecule has 1 nitrogen and oxygen atoms in total. The zero-order chi connectivity index (χ0) is 21.4. The van der Waals surface area contributed by atoms with Gasteiger partial charge in [-0.25, -0.2) is 0 Å². The second-order valence-corrected chi connectivity index (χ2v) is 9.09. The second kappa shape index (κ2) is 10.2. The molecule has 0 fully saturated rings. The fraction of sp³-hybridized carbons (Fsp3) is 0.385. The summed E-state index contributed by atoms with van der Waals surface area (Å²) in [5.74, 6) is 1.12. The number of hydrogen-bond acceptors (Lipinski definition) is 1. The van der Waals surface area contributed by atoms with E-state index in [2.05, 4.69) is 80.0 Å². The van der Waals surface area contributed by atoms with Crippen LogP contribution >= 0.6 is 0 Å². The van der Waals surface area contributed by atoms with Crippen LogP contribution in [0.5, 0.6) is 0 Å². The molecule has 1 heteroatoms. The van der Waals surface area contributed by atoms with Crippen molar-refractivity contribution in [2.75, 3.05) is 0 Å². The Morgan fingerprint density at radius 1 is 0.593 bits per heavy atom. The first-order valence-corrected chi connectivity index (χ1v) is 9.30. The van der Waals surface area contributed by atoms with E-state index in [0.29, 0.717) is 11.5 Å². The van der Waals surface area contributed by atoms with Crippen molar-refractivity contribution in [1.82, 2.24) is 0 Å². The molecule has 0 amide bonds. The third-order valence-corrected chi connectivity index (χ3v) is 3.72. The van der Waals surface area contributed by atoms with Crippen molar-refractivity contribution in [3.8, 4) is 0 Å². The largest absolute Gasteiger partial charge is 0.459 e.